The van der Waals surface area contributed by atoms with Gasteiger partial charge in [-0.1, -0.05) is 24.9 Å². The number of alkyl halides is 1. The van der Waals surface area contributed by atoms with Crippen LogP contribution < -0.4 is 0 Å². The number of imidazole rings is 1. The van der Waals surface area contributed by atoms with Crippen LogP contribution in [-0.2, 0) is 12.4 Å². The van der Waals surface area contributed by atoms with E-state index in [1.165, 1.54) is 25.3 Å². The van der Waals surface area contributed by atoms with E-state index < -0.39 is 5.82 Å². The van der Waals surface area contributed by atoms with Gasteiger partial charge in [0.1, 0.15) is 11.6 Å². The van der Waals surface area contributed by atoms with Crippen molar-refractivity contribution in [3.05, 3.63) is 28.8 Å². The van der Waals surface area contributed by atoms with Crippen LogP contribution in [0.4, 0.5) is 4.39 Å². The maximum Gasteiger partial charge on any atom is 0.144 e. The van der Waals surface area contributed by atoms with E-state index in [2.05, 4.69) is 16.5 Å². The van der Waals surface area contributed by atoms with E-state index in [9.17, 15) is 4.39 Å². The summed E-state index contributed by atoms with van der Waals surface area (Å²) in [7, 11) is 0. The fourth-order valence-corrected chi connectivity index (χ4v) is 3.45. The van der Waals surface area contributed by atoms with Gasteiger partial charge in [-0.2, -0.15) is 0 Å². The molecule has 0 atom stereocenters. The molecule has 0 unspecified atom stereocenters. The van der Waals surface area contributed by atoms with Crippen LogP contribution >= 0.6 is 23.2 Å². The fourth-order valence-electron chi connectivity index (χ4n) is 3.08. The average Bonchev–Trinajstić information content (AvgIpc) is 2.72. The summed E-state index contributed by atoms with van der Waals surface area (Å²) in [6, 6.07) is 3.06. The van der Waals surface area contributed by atoms with Crippen LogP contribution in [0.15, 0.2) is 12.1 Å². The molecular weight excluding hydrogens is 298 g/mol. The Morgan fingerprint density at radius 3 is 2.70 bits per heavy atom. The summed E-state index contributed by atoms with van der Waals surface area (Å²) in [5.74, 6) is 0.719. The van der Waals surface area contributed by atoms with Crippen molar-refractivity contribution in [1.29, 1.82) is 0 Å². The van der Waals surface area contributed by atoms with Gasteiger partial charge in [0.15, 0.2) is 0 Å². The zero-order chi connectivity index (χ0) is 14.3. The standard InChI is InChI=1S/C15H17Cl2FN2/c1-2-15(4-3-5-15)9-20-13-7-11(18)10(17)6-12(13)19-14(20)8-16/h6-7H,2-5,8-9H2,1H3. The zero-order valence-electron chi connectivity index (χ0n) is 11.4. The molecule has 3 rings (SSSR count). The molecule has 1 aromatic heterocycles. The maximum atomic E-state index is 13.7. The molecule has 0 amide bonds. The van der Waals surface area contributed by atoms with Crippen molar-refractivity contribution in [3.8, 4) is 0 Å². The van der Waals surface area contributed by atoms with Crippen molar-refractivity contribution >= 4 is 34.2 Å². The molecule has 1 heterocycles. The number of hydrogen-bond acceptors (Lipinski definition) is 1. The Morgan fingerprint density at radius 1 is 1.40 bits per heavy atom. The Bertz CT molecular complexity index is 641. The van der Waals surface area contributed by atoms with Gasteiger partial charge in [0.2, 0.25) is 0 Å². The first-order valence-corrected chi connectivity index (χ1v) is 7.90. The second kappa shape index (κ2) is 5.19. The van der Waals surface area contributed by atoms with Crippen molar-refractivity contribution in [1.82, 2.24) is 9.55 Å². The van der Waals surface area contributed by atoms with Gasteiger partial charge in [0.05, 0.1) is 21.9 Å². The minimum Gasteiger partial charge on any atom is -0.326 e. The van der Waals surface area contributed by atoms with Crippen molar-refractivity contribution < 1.29 is 4.39 Å². The van der Waals surface area contributed by atoms with E-state index in [4.69, 9.17) is 23.2 Å². The predicted octanol–water partition coefficient (Wildman–Crippen LogP) is 5.15. The van der Waals surface area contributed by atoms with Gasteiger partial charge in [0, 0.05) is 12.6 Å². The third-order valence-corrected chi connectivity index (χ3v) is 5.18. The second-order valence-electron chi connectivity index (χ2n) is 5.71. The summed E-state index contributed by atoms with van der Waals surface area (Å²) in [6.07, 6.45) is 4.85. The summed E-state index contributed by atoms with van der Waals surface area (Å²) in [6.45, 7) is 3.08. The highest BCUT2D eigenvalue weighted by molar-refractivity contribution is 6.31. The Hall–Kier alpha value is -0.800. The van der Waals surface area contributed by atoms with Crippen molar-refractivity contribution in [3.63, 3.8) is 0 Å². The van der Waals surface area contributed by atoms with Crippen molar-refractivity contribution in [2.45, 2.75) is 45.0 Å². The number of benzene rings is 1. The van der Waals surface area contributed by atoms with E-state index in [0.29, 0.717) is 11.3 Å². The minimum absolute atomic E-state index is 0.108. The monoisotopic (exact) mass is 314 g/mol. The molecule has 1 saturated carbocycles. The molecule has 2 aromatic rings. The lowest BCUT2D eigenvalue weighted by Crippen LogP contribution is -2.33. The maximum absolute atomic E-state index is 13.7. The highest BCUT2D eigenvalue weighted by atomic mass is 35.5. The summed E-state index contributed by atoms with van der Waals surface area (Å²) < 4.78 is 15.8. The fraction of sp³-hybridized carbons (Fsp3) is 0.533. The molecule has 0 saturated heterocycles. The first-order chi connectivity index (χ1) is 9.58. The van der Waals surface area contributed by atoms with Gasteiger partial charge < -0.3 is 4.57 Å². The molecule has 5 heteroatoms. The van der Waals surface area contributed by atoms with Gasteiger partial charge in [-0.25, -0.2) is 9.37 Å². The minimum atomic E-state index is -0.402. The lowest BCUT2D eigenvalue weighted by Gasteiger charge is -2.42. The van der Waals surface area contributed by atoms with Crippen LogP contribution in [0.25, 0.3) is 11.0 Å². The van der Waals surface area contributed by atoms with Crippen molar-refractivity contribution in [2.75, 3.05) is 0 Å². The number of hydrogen-bond donors (Lipinski definition) is 0. The lowest BCUT2D eigenvalue weighted by atomic mass is 9.67. The van der Waals surface area contributed by atoms with E-state index in [1.54, 1.807) is 6.07 Å². The van der Waals surface area contributed by atoms with Crippen LogP contribution in [-0.4, -0.2) is 9.55 Å². The van der Waals surface area contributed by atoms with Crippen LogP contribution in [0.5, 0.6) is 0 Å². The van der Waals surface area contributed by atoms with Crippen LogP contribution in [0, 0.1) is 11.2 Å². The summed E-state index contributed by atoms with van der Waals surface area (Å²) in [5, 5.41) is 0.108. The normalized spacial score (nSPS) is 17.4. The van der Waals surface area contributed by atoms with Crippen molar-refractivity contribution in [2.24, 2.45) is 5.41 Å². The number of rotatable bonds is 4. The third-order valence-electron chi connectivity index (χ3n) is 4.65. The van der Waals surface area contributed by atoms with E-state index in [1.807, 2.05) is 0 Å². The summed E-state index contributed by atoms with van der Waals surface area (Å²) in [4.78, 5) is 4.49. The number of nitrogens with zero attached hydrogens (tertiary/aromatic N) is 2. The molecule has 2 nitrogen and oxygen atoms in total. The summed E-state index contributed by atoms with van der Waals surface area (Å²) in [5.41, 5.74) is 1.84. The lowest BCUT2D eigenvalue weighted by molar-refractivity contribution is 0.101. The molecule has 108 valence electrons. The smallest absolute Gasteiger partial charge is 0.144 e. The van der Waals surface area contributed by atoms with Crippen LogP contribution in [0.1, 0.15) is 38.4 Å². The second-order valence-corrected chi connectivity index (χ2v) is 6.38. The van der Waals surface area contributed by atoms with Gasteiger partial charge >= 0.3 is 0 Å². The molecule has 1 fully saturated rings. The number of fused-ring (bicyclic) bond motifs is 1. The van der Waals surface area contributed by atoms with Gasteiger partial charge in [-0.05, 0) is 30.7 Å². The number of aromatic nitrogens is 2. The van der Waals surface area contributed by atoms with E-state index >= 15 is 0 Å². The van der Waals surface area contributed by atoms with Gasteiger partial charge in [-0.3, -0.25) is 0 Å². The Morgan fingerprint density at radius 2 is 2.15 bits per heavy atom. The highest BCUT2D eigenvalue weighted by Crippen LogP contribution is 2.46. The van der Waals surface area contributed by atoms with Crippen LogP contribution in [0.3, 0.4) is 0 Å². The SMILES string of the molecule is CCC1(Cn2c(CCl)nc3cc(Cl)c(F)cc32)CCC1. The topological polar surface area (TPSA) is 17.8 Å². The molecule has 0 bridgehead atoms. The molecule has 20 heavy (non-hydrogen) atoms. The zero-order valence-corrected chi connectivity index (χ0v) is 12.9. The third kappa shape index (κ3) is 2.21. The van der Waals surface area contributed by atoms with E-state index in [-0.39, 0.29) is 5.02 Å². The summed E-state index contributed by atoms with van der Waals surface area (Å²) >= 11 is 11.8. The molecular formula is C15H17Cl2FN2. The van der Waals surface area contributed by atoms with Crippen LogP contribution in [0.2, 0.25) is 5.02 Å². The molecule has 0 radical (unpaired) electrons. The average molecular weight is 315 g/mol. The predicted molar refractivity (Wildman–Crippen MR) is 80.8 cm³/mol. The Labute approximate surface area is 127 Å². The number of halogens is 3. The Balaban J connectivity index is 2.10. The largest absolute Gasteiger partial charge is 0.326 e. The highest BCUT2D eigenvalue weighted by Gasteiger charge is 2.36. The van der Waals surface area contributed by atoms with E-state index in [0.717, 1.165) is 29.8 Å². The Kier molecular flexibility index (Phi) is 3.67. The quantitative estimate of drug-likeness (QED) is 0.714. The first-order valence-electron chi connectivity index (χ1n) is 6.99. The molecule has 0 spiro atoms. The first kappa shape index (κ1) is 14.2. The molecule has 0 N–H and O–H groups in total. The molecule has 1 aliphatic rings. The van der Waals surface area contributed by atoms with Gasteiger partial charge in [0.25, 0.3) is 0 Å². The molecule has 1 aromatic carbocycles. The molecule has 1 aliphatic carbocycles. The molecule has 0 aliphatic heterocycles. The van der Waals surface area contributed by atoms with Gasteiger partial charge in [-0.15, -0.1) is 11.6 Å².